The minimum absolute atomic E-state index is 0.0326. The highest BCUT2D eigenvalue weighted by molar-refractivity contribution is 9.10. The zero-order valence-electron chi connectivity index (χ0n) is 14.6. The largest absolute Gasteiger partial charge is 0.376 e. The lowest BCUT2D eigenvalue weighted by Crippen LogP contribution is -2.31. The maximum Gasteiger partial charge on any atom is 0.254 e. The van der Waals surface area contributed by atoms with Crippen molar-refractivity contribution >= 4 is 27.7 Å². The van der Waals surface area contributed by atoms with E-state index in [1.54, 1.807) is 24.3 Å². The smallest absolute Gasteiger partial charge is 0.254 e. The van der Waals surface area contributed by atoms with Crippen LogP contribution in [0.15, 0.2) is 46.9 Å². The summed E-state index contributed by atoms with van der Waals surface area (Å²) in [5, 5.41) is 5.54. The maximum atomic E-state index is 13.8. The van der Waals surface area contributed by atoms with Gasteiger partial charge in [0.25, 0.3) is 11.8 Å². The monoisotopic (exact) mass is 434 g/mol. The molecule has 1 aliphatic heterocycles. The van der Waals surface area contributed by atoms with E-state index in [1.807, 2.05) is 0 Å². The molecule has 0 bridgehead atoms. The average Bonchev–Trinajstić information content (AvgIpc) is 3.20. The van der Waals surface area contributed by atoms with Gasteiger partial charge in [-0.2, -0.15) is 0 Å². The fraction of sp³-hybridized carbons (Fsp3) is 0.300. The van der Waals surface area contributed by atoms with Crippen molar-refractivity contribution in [2.24, 2.45) is 0 Å². The van der Waals surface area contributed by atoms with Crippen LogP contribution in [0.3, 0.4) is 0 Å². The Hall–Kier alpha value is -2.25. The zero-order chi connectivity index (χ0) is 19.2. The predicted octanol–water partition coefficient (Wildman–Crippen LogP) is 3.43. The second-order valence-corrected chi connectivity index (χ2v) is 7.27. The lowest BCUT2D eigenvalue weighted by Gasteiger charge is -2.12. The van der Waals surface area contributed by atoms with Crippen LogP contribution in [-0.2, 0) is 11.3 Å². The molecule has 0 saturated carbocycles. The van der Waals surface area contributed by atoms with Gasteiger partial charge in [-0.1, -0.05) is 28.1 Å². The molecule has 2 amide bonds. The number of carbonyl (C=O) groups is 2. The Kier molecular flexibility index (Phi) is 6.58. The summed E-state index contributed by atoms with van der Waals surface area (Å²) in [7, 11) is 0. The van der Waals surface area contributed by atoms with Crippen molar-refractivity contribution in [2.75, 3.05) is 13.2 Å². The highest BCUT2D eigenvalue weighted by atomic mass is 79.9. The number of hydrogen-bond acceptors (Lipinski definition) is 3. The third-order valence-electron chi connectivity index (χ3n) is 4.33. The van der Waals surface area contributed by atoms with Crippen LogP contribution < -0.4 is 10.6 Å². The Balaban J connectivity index is 1.57. The summed E-state index contributed by atoms with van der Waals surface area (Å²) >= 11 is 3.23. The zero-order valence-corrected chi connectivity index (χ0v) is 16.2. The fourth-order valence-corrected chi connectivity index (χ4v) is 3.25. The van der Waals surface area contributed by atoms with Crippen molar-refractivity contribution in [1.82, 2.24) is 10.6 Å². The Bertz CT molecular complexity index is 838. The van der Waals surface area contributed by atoms with Crippen LogP contribution >= 0.6 is 15.9 Å². The van der Waals surface area contributed by atoms with Crippen molar-refractivity contribution < 1.29 is 18.7 Å². The molecule has 2 aromatic carbocycles. The van der Waals surface area contributed by atoms with Gasteiger partial charge in [0.05, 0.1) is 11.7 Å². The average molecular weight is 435 g/mol. The molecule has 3 rings (SSSR count). The van der Waals surface area contributed by atoms with E-state index >= 15 is 0 Å². The van der Waals surface area contributed by atoms with Crippen molar-refractivity contribution in [3.63, 3.8) is 0 Å². The minimum Gasteiger partial charge on any atom is -0.376 e. The van der Waals surface area contributed by atoms with E-state index in [1.165, 1.54) is 18.2 Å². The van der Waals surface area contributed by atoms with Crippen LogP contribution in [-0.4, -0.2) is 31.1 Å². The van der Waals surface area contributed by atoms with E-state index in [2.05, 4.69) is 26.6 Å². The van der Waals surface area contributed by atoms with Gasteiger partial charge in [0.15, 0.2) is 0 Å². The Morgan fingerprint density at radius 1 is 1.15 bits per heavy atom. The highest BCUT2D eigenvalue weighted by Gasteiger charge is 2.17. The molecule has 142 valence electrons. The second kappa shape index (κ2) is 9.10. The molecule has 7 heteroatoms. The second-order valence-electron chi connectivity index (χ2n) is 6.35. The van der Waals surface area contributed by atoms with Crippen LogP contribution in [0.2, 0.25) is 0 Å². The van der Waals surface area contributed by atoms with Crippen LogP contribution in [0, 0.1) is 5.82 Å². The standard InChI is InChI=1S/C20H20BrFN2O3/c21-15-6-7-18(22)17(10-15)20(26)23-11-13-3-1-4-14(9-13)19(25)24-12-16-5-2-8-27-16/h1,3-4,6-7,9-10,16H,2,5,8,11-12H2,(H,23,26)(H,24,25)/t16-/m0/s1. The first-order valence-corrected chi connectivity index (χ1v) is 9.54. The van der Waals surface area contributed by atoms with E-state index in [-0.39, 0.29) is 24.1 Å². The first kappa shape index (κ1) is 19.5. The van der Waals surface area contributed by atoms with Gasteiger partial charge < -0.3 is 15.4 Å². The molecular weight excluding hydrogens is 415 g/mol. The first-order chi connectivity index (χ1) is 13.0. The molecule has 27 heavy (non-hydrogen) atoms. The van der Waals surface area contributed by atoms with Crippen molar-refractivity contribution in [3.05, 3.63) is 69.4 Å². The van der Waals surface area contributed by atoms with Crippen LogP contribution in [0.4, 0.5) is 4.39 Å². The summed E-state index contributed by atoms with van der Waals surface area (Å²) in [5.41, 5.74) is 1.23. The van der Waals surface area contributed by atoms with Crippen LogP contribution in [0.25, 0.3) is 0 Å². The Morgan fingerprint density at radius 2 is 2.00 bits per heavy atom. The van der Waals surface area contributed by atoms with E-state index in [4.69, 9.17) is 4.74 Å². The molecule has 0 radical (unpaired) electrons. The van der Waals surface area contributed by atoms with Gasteiger partial charge in [0.2, 0.25) is 0 Å². The van der Waals surface area contributed by atoms with E-state index in [9.17, 15) is 14.0 Å². The van der Waals surface area contributed by atoms with Gasteiger partial charge in [-0.3, -0.25) is 9.59 Å². The SMILES string of the molecule is O=C(NC[C@@H]1CCCO1)c1cccc(CNC(=O)c2cc(Br)ccc2F)c1. The van der Waals surface area contributed by atoms with E-state index in [0.29, 0.717) is 16.6 Å². The molecule has 2 aromatic rings. The van der Waals surface area contributed by atoms with Crippen molar-refractivity contribution in [1.29, 1.82) is 0 Å². The van der Waals surface area contributed by atoms with Crippen molar-refractivity contribution in [3.8, 4) is 0 Å². The number of benzene rings is 2. The predicted molar refractivity (Wildman–Crippen MR) is 103 cm³/mol. The topological polar surface area (TPSA) is 67.4 Å². The van der Waals surface area contributed by atoms with Gasteiger partial charge >= 0.3 is 0 Å². The lowest BCUT2D eigenvalue weighted by atomic mass is 10.1. The molecule has 1 aliphatic rings. The summed E-state index contributed by atoms with van der Waals surface area (Å²) < 4.78 is 19.9. The summed E-state index contributed by atoms with van der Waals surface area (Å²) in [5.74, 6) is -1.28. The Labute approximate surface area is 165 Å². The van der Waals surface area contributed by atoms with Gasteiger partial charge in [-0.15, -0.1) is 0 Å². The lowest BCUT2D eigenvalue weighted by molar-refractivity contribution is 0.0857. The maximum absolute atomic E-state index is 13.8. The van der Waals surface area contributed by atoms with Crippen molar-refractivity contribution in [2.45, 2.75) is 25.5 Å². The number of halogens is 2. The summed E-state index contributed by atoms with van der Waals surface area (Å²) in [6, 6.07) is 11.2. The number of nitrogens with one attached hydrogen (secondary N) is 2. The number of amides is 2. The normalized spacial score (nSPS) is 16.1. The van der Waals surface area contributed by atoms with Crippen LogP contribution in [0.5, 0.6) is 0 Å². The number of ether oxygens (including phenoxy) is 1. The van der Waals surface area contributed by atoms with E-state index in [0.717, 1.165) is 25.0 Å². The molecule has 1 saturated heterocycles. The third kappa shape index (κ3) is 5.37. The molecule has 1 atom stereocenters. The molecule has 5 nitrogen and oxygen atoms in total. The fourth-order valence-electron chi connectivity index (χ4n) is 2.89. The molecule has 1 fully saturated rings. The summed E-state index contributed by atoms with van der Waals surface area (Å²) in [6.07, 6.45) is 2.06. The molecule has 0 unspecified atom stereocenters. The molecule has 0 aromatic heterocycles. The summed E-state index contributed by atoms with van der Waals surface area (Å²) in [6.45, 7) is 1.42. The minimum atomic E-state index is -0.585. The molecule has 0 spiro atoms. The Morgan fingerprint density at radius 3 is 2.78 bits per heavy atom. The number of rotatable bonds is 6. The van der Waals surface area contributed by atoms with Crippen LogP contribution in [0.1, 0.15) is 39.1 Å². The van der Waals surface area contributed by atoms with Gasteiger partial charge in [-0.05, 0) is 48.7 Å². The summed E-state index contributed by atoms with van der Waals surface area (Å²) in [4.78, 5) is 24.5. The first-order valence-electron chi connectivity index (χ1n) is 8.75. The van der Waals surface area contributed by atoms with Gasteiger partial charge in [0, 0.05) is 29.7 Å². The number of carbonyl (C=O) groups excluding carboxylic acids is 2. The molecule has 0 aliphatic carbocycles. The third-order valence-corrected chi connectivity index (χ3v) is 4.82. The molecular formula is C20H20BrFN2O3. The highest BCUT2D eigenvalue weighted by Crippen LogP contribution is 2.16. The van der Waals surface area contributed by atoms with Gasteiger partial charge in [0.1, 0.15) is 5.82 Å². The van der Waals surface area contributed by atoms with Gasteiger partial charge in [-0.25, -0.2) is 4.39 Å². The van der Waals surface area contributed by atoms with E-state index < -0.39 is 11.7 Å². The quantitative estimate of drug-likeness (QED) is 0.731. The number of hydrogen-bond donors (Lipinski definition) is 2. The molecule has 1 heterocycles. The molecule has 2 N–H and O–H groups in total.